The summed E-state index contributed by atoms with van der Waals surface area (Å²) < 4.78 is 10.1. The Balaban J connectivity index is 1.56. The molecule has 4 rings (SSSR count). The van der Waals surface area contributed by atoms with Crippen molar-refractivity contribution in [1.82, 2.24) is 20.0 Å². The number of likely N-dealkylation sites (tertiary alicyclic amines) is 1. The van der Waals surface area contributed by atoms with Gasteiger partial charge in [0.15, 0.2) is 0 Å². The number of nitrogens with one attached hydrogen (secondary N) is 1. The second kappa shape index (κ2) is 5.96. The molecule has 0 aromatic carbocycles. The Labute approximate surface area is 151 Å². The van der Waals surface area contributed by atoms with Crippen molar-refractivity contribution >= 4 is 11.9 Å². The number of anilines is 1. The van der Waals surface area contributed by atoms with Gasteiger partial charge in [0.05, 0.1) is 24.1 Å². The highest BCUT2D eigenvalue weighted by Gasteiger charge is 2.57. The van der Waals surface area contributed by atoms with Gasteiger partial charge >= 0.3 is 6.09 Å². The number of amides is 1. The molecule has 8 nitrogen and oxygen atoms in total. The third kappa shape index (κ3) is 2.60. The van der Waals surface area contributed by atoms with Crippen LogP contribution in [-0.4, -0.2) is 52.4 Å². The Hall–Kier alpha value is -2.64. The van der Waals surface area contributed by atoms with Crippen LogP contribution in [0.5, 0.6) is 0 Å². The molecule has 1 aliphatic heterocycles. The predicted octanol–water partition coefficient (Wildman–Crippen LogP) is 2.47. The SMILES string of the molecule is COC(=O)N1C[C@@H]2[C@H](C1)[C@H]2Nc1nc(C)nc(-c2c(C)noc2C)c1C. The van der Waals surface area contributed by atoms with Gasteiger partial charge < -0.3 is 19.5 Å². The third-order valence-electron chi connectivity index (χ3n) is 5.46. The van der Waals surface area contributed by atoms with Crippen molar-refractivity contribution in [2.45, 2.75) is 33.7 Å². The molecule has 1 aliphatic carbocycles. The highest BCUT2D eigenvalue weighted by atomic mass is 16.5. The van der Waals surface area contributed by atoms with Crippen LogP contribution >= 0.6 is 0 Å². The molecule has 138 valence electrons. The summed E-state index contributed by atoms with van der Waals surface area (Å²) in [5, 5.41) is 7.61. The minimum absolute atomic E-state index is 0.245. The average molecular weight is 357 g/mol. The van der Waals surface area contributed by atoms with Crippen LogP contribution in [0.15, 0.2) is 4.52 Å². The lowest BCUT2D eigenvalue weighted by atomic mass is 10.1. The molecule has 8 heteroatoms. The number of carbonyl (C=O) groups excluding carboxylic acids is 1. The highest BCUT2D eigenvalue weighted by molar-refractivity contribution is 5.72. The molecule has 1 N–H and O–H groups in total. The first-order valence-electron chi connectivity index (χ1n) is 8.78. The largest absolute Gasteiger partial charge is 0.453 e. The van der Waals surface area contributed by atoms with Crippen LogP contribution in [0.1, 0.15) is 22.8 Å². The van der Waals surface area contributed by atoms with Crippen LogP contribution in [0.2, 0.25) is 0 Å². The van der Waals surface area contributed by atoms with Gasteiger partial charge in [0, 0.05) is 36.5 Å². The fourth-order valence-corrected chi connectivity index (χ4v) is 4.01. The van der Waals surface area contributed by atoms with Gasteiger partial charge in [-0.3, -0.25) is 0 Å². The van der Waals surface area contributed by atoms with Crippen LogP contribution in [0.25, 0.3) is 11.3 Å². The summed E-state index contributed by atoms with van der Waals surface area (Å²) in [6.45, 7) is 9.18. The molecule has 2 fully saturated rings. The van der Waals surface area contributed by atoms with Crippen molar-refractivity contribution in [2.75, 3.05) is 25.5 Å². The normalized spacial score (nSPS) is 23.7. The Kier molecular flexibility index (Phi) is 3.86. The number of methoxy groups -OCH3 is 1. The number of carbonyl (C=O) groups is 1. The molecular weight excluding hydrogens is 334 g/mol. The lowest BCUT2D eigenvalue weighted by Gasteiger charge is -2.19. The fraction of sp³-hybridized carbons (Fsp3) is 0.556. The zero-order chi connectivity index (χ0) is 18.6. The Morgan fingerprint density at radius 1 is 1.19 bits per heavy atom. The van der Waals surface area contributed by atoms with Gasteiger partial charge in [-0.2, -0.15) is 0 Å². The van der Waals surface area contributed by atoms with E-state index in [1.165, 1.54) is 7.11 Å². The second-order valence-electron chi connectivity index (χ2n) is 7.17. The average Bonchev–Trinajstić information content (AvgIpc) is 2.95. The minimum Gasteiger partial charge on any atom is -0.453 e. The maximum atomic E-state index is 11.6. The maximum absolute atomic E-state index is 11.6. The Bertz CT molecular complexity index is 846. The van der Waals surface area contributed by atoms with E-state index in [-0.39, 0.29) is 6.09 Å². The van der Waals surface area contributed by atoms with Gasteiger partial charge in [-0.05, 0) is 27.7 Å². The topological polar surface area (TPSA) is 93.4 Å². The number of ether oxygens (including phenoxy) is 1. The quantitative estimate of drug-likeness (QED) is 0.902. The molecule has 26 heavy (non-hydrogen) atoms. The Morgan fingerprint density at radius 3 is 2.46 bits per heavy atom. The van der Waals surface area contributed by atoms with Gasteiger partial charge in [-0.1, -0.05) is 5.16 Å². The van der Waals surface area contributed by atoms with Crippen LogP contribution in [0.3, 0.4) is 0 Å². The second-order valence-corrected chi connectivity index (χ2v) is 7.17. The molecule has 2 aromatic heterocycles. The van der Waals surface area contributed by atoms with E-state index in [1.807, 2.05) is 27.7 Å². The van der Waals surface area contributed by atoms with Crippen molar-refractivity contribution in [1.29, 1.82) is 0 Å². The maximum Gasteiger partial charge on any atom is 0.409 e. The third-order valence-corrected chi connectivity index (χ3v) is 5.46. The van der Waals surface area contributed by atoms with Crippen molar-refractivity contribution in [3.63, 3.8) is 0 Å². The molecular formula is C18H23N5O3. The zero-order valence-corrected chi connectivity index (χ0v) is 15.7. The lowest BCUT2D eigenvalue weighted by Crippen LogP contribution is -2.33. The molecule has 3 heterocycles. The van der Waals surface area contributed by atoms with Crippen molar-refractivity contribution in [2.24, 2.45) is 11.8 Å². The predicted molar refractivity (Wildman–Crippen MR) is 94.8 cm³/mol. The van der Waals surface area contributed by atoms with Gasteiger partial charge in [0.2, 0.25) is 0 Å². The number of fused-ring (bicyclic) bond motifs is 1. The standard InChI is InChI=1S/C18H23N5O3/c1-8-15(14-9(2)22-26-10(14)3)19-11(4)20-17(8)21-16-12-6-23(7-13(12)16)18(24)25-5/h12-13,16H,6-7H2,1-5H3,(H,19,20,21)/t12-,13+,16+. The first kappa shape index (κ1) is 16.8. The van der Waals surface area contributed by atoms with Gasteiger partial charge in [0.1, 0.15) is 17.4 Å². The molecule has 0 radical (unpaired) electrons. The van der Waals surface area contributed by atoms with Crippen LogP contribution < -0.4 is 5.32 Å². The molecule has 3 atom stereocenters. The number of aromatic nitrogens is 3. The van der Waals surface area contributed by atoms with E-state index in [9.17, 15) is 4.79 Å². The number of hydrogen-bond acceptors (Lipinski definition) is 7. The van der Waals surface area contributed by atoms with Crippen LogP contribution in [0, 0.1) is 39.5 Å². The van der Waals surface area contributed by atoms with Crippen LogP contribution in [-0.2, 0) is 4.74 Å². The molecule has 2 aliphatic rings. The minimum atomic E-state index is -0.245. The van der Waals surface area contributed by atoms with E-state index in [2.05, 4.69) is 20.4 Å². The van der Waals surface area contributed by atoms with E-state index >= 15 is 0 Å². The molecule has 2 aromatic rings. The first-order valence-corrected chi connectivity index (χ1v) is 8.78. The van der Waals surface area contributed by atoms with E-state index in [1.54, 1.807) is 4.90 Å². The number of aryl methyl sites for hydroxylation is 3. The van der Waals surface area contributed by atoms with Crippen LogP contribution in [0.4, 0.5) is 10.6 Å². The summed E-state index contributed by atoms with van der Waals surface area (Å²) in [4.78, 5) is 22.6. The van der Waals surface area contributed by atoms with E-state index < -0.39 is 0 Å². The monoisotopic (exact) mass is 357 g/mol. The van der Waals surface area contributed by atoms with Crippen molar-refractivity contribution in [3.8, 4) is 11.3 Å². The van der Waals surface area contributed by atoms with Gasteiger partial charge in [-0.25, -0.2) is 14.8 Å². The summed E-state index contributed by atoms with van der Waals surface area (Å²) >= 11 is 0. The first-order chi connectivity index (χ1) is 12.4. The smallest absolute Gasteiger partial charge is 0.409 e. The molecule has 1 saturated heterocycles. The van der Waals surface area contributed by atoms with E-state index in [4.69, 9.17) is 9.26 Å². The molecule has 0 spiro atoms. The number of nitrogens with zero attached hydrogens (tertiary/aromatic N) is 4. The van der Waals surface area contributed by atoms with Crippen molar-refractivity contribution < 1.29 is 14.1 Å². The fourth-order valence-electron chi connectivity index (χ4n) is 4.01. The van der Waals surface area contributed by atoms with E-state index in [0.29, 0.717) is 23.7 Å². The summed E-state index contributed by atoms with van der Waals surface area (Å²) in [6.07, 6.45) is -0.245. The molecule has 1 saturated carbocycles. The number of hydrogen-bond donors (Lipinski definition) is 1. The molecule has 0 unspecified atom stereocenters. The number of rotatable bonds is 3. The lowest BCUT2D eigenvalue weighted by molar-refractivity contribution is 0.128. The van der Waals surface area contributed by atoms with Crippen molar-refractivity contribution in [3.05, 3.63) is 22.8 Å². The highest BCUT2D eigenvalue weighted by Crippen LogP contribution is 2.47. The molecule has 0 bridgehead atoms. The molecule has 1 amide bonds. The van der Waals surface area contributed by atoms with E-state index in [0.717, 1.165) is 47.2 Å². The van der Waals surface area contributed by atoms with Gasteiger partial charge in [-0.15, -0.1) is 0 Å². The summed E-state index contributed by atoms with van der Waals surface area (Å²) in [5.41, 5.74) is 3.61. The summed E-state index contributed by atoms with van der Waals surface area (Å²) in [7, 11) is 1.42. The van der Waals surface area contributed by atoms with Gasteiger partial charge in [0.25, 0.3) is 0 Å². The summed E-state index contributed by atoms with van der Waals surface area (Å²) in [5.74, 6) is 3.20. The summed E-state index contributed by atoms with van der Waals surface area (Å²) in [6, 6.07) is 0.335. The Morgan fingerprint density at radius 2 is 1.88 bits per heavy atom. The zero-order valence-electron chi connectivity index (χ0n) is 15.7. The number of piperidine rings is 1.